The van der Waals surface area contributed by atoms with E-state index in [0.717, 1.165) is 49.0 Å². The second-order valence-electron chi connectivity index (χ2n) is 9.91. The molecular formula is C29H33N7O3. The number of hydrogen-bond donors (Lipinski definition) is 3. The normalized spacial score (nSPS) is 15.3. The standard InChI is InChI=1S/C29H33N7O3/c1-4-24(27(30)37)36-11-8-18(9-12-36)21-6-5-20(13-17(21)2)33-28-26-19(7-10-32-29(26)38)14-22(35-28)23-15-31-16-25(34-23)39-3/h5-7,10,13-16,18,24H,4,8-9,11-12H2,1-3H3,(H2,30,37)(H,32,38)(H,33,35). The van der Waals surface area contributed by atoms with Crippen molar-refractivity contribution in [2.75, 3.05) is 25.5 Å². The molecule has 39 heavy (non-hydrogen) atoms. The molecule has 10 nitrogen and oxygen atoms in total. The zero-order valence-corrected chi connectivity index (χ0v) is 22.4. The van der Waals surface area contributed by atoms with Crippen molar-refractivity contribution >= 4 is 28.2 Å². The van der Waals surface area contributed by atoms with E-state index in [0.29, 0.717) is 34.4 Å². The van der Waals surface area contributed by atoms with Crippen LogP contribution in [-0.2, 0) is 4.79 Å². The molecule has 1 aliphatic rings. The van der Waals surface area contributed by atoms with Gasteiger partial charge in [0.1, 0.15) is 11.5 Å². The van der Waals surface area contributed by atoms with Gasteiger partial charge in [0.2, 0.25) is 11.8 Å². The molecule has 0 radical (unpaired) electrons. The minimum atomic E-state index is -0.245. The summed E-state index contributed by atoms with van der Waals surface area (Å²) in [5.41, 5.74) is 9.77. The lowest BCUT2D eigenvalue weighted by Crippen LogP contribution is -2.47. The Hall–Kier alpha value is -4.31. The summed E-state index contributed by atoms with van der Waals surface area (Å²) in [6.45, 7) is 5.81. The van der Waals surface area contributed by atoms with Crippen LogP contribution >= 0.6 is 0 Å². The number of carbonyl (C=O) groups excluding carboxylic acids is 1. The fourth-order valence-corrected chi connectivity index (χ4v) is 5.52. The lowest BCUT2D eigenvalue weighted by Gasteiger charge is -2.36. The average Bonchev–Trinajstić information content (AvgIpc) is 2.94. The maximum Gasteiger partial charge on any atom is 0.259 e. The molecule has 1 fully saturated rings. The Morgan fingerprint density at radius 1 is 1.18 bits per heavy atom. The van der Waals surface area contributed by atoms with Crippen molar-refractivity contribution in [2.45, 2.75) is 45.1 Å². The number of aromatic amines is 1. The average molecular weight is 528 g/mol. The number of piperidine rings is 1. The summed E-state index contributed by atoms with van der Waals surface area (Å²) in [6.07, 6.45) is 7.44. The molecule has 0 spiro atoms. The molecule has 1 amide bonds. The summed E-state index contributed by atoms with van der Waals surface area (Å²) in [4.78, 5) is 42.9. The molecule has 4 heterocycles. The number of ether oxygens (including phenoxy) is 1. The third-order valence-corrected chi connectivity index (χ3v) is 7.50. The van der Waals surface area contributed by atoms with Crippen LogP contribution in [0.4, 0.5) is 11.5 Å². The molecule has 0 bridgehead atoms. The van der Waals surface area contributed by atoms with Crippen LogP contribution in [0.3, 0.4) is 0 Å². The Labute approximate surface area is 226 Å². The van der Waals surface area contributed by atoms with Crippen molar-refractivity contribution in [3.63, 3.8) is 0 Å². The highest BCUT2D eigenvalue weighted by Crippen LogP contribution is 2.34. The number of hydrogen-bond acceptors (Lipinski definition) is 8. The minimum absolute atomic E-state index is 0.192. The number of nitrogens with zero attached hydrogens (tertiary/aromatic N) is 4. The molecule has 1 saturated heterocycles. The van der Waals surface area contributed by atoms with Gasteiger partial charge >= 0.3 is 0 Å². The van der Waals surface area contributed by atoms with Gasteiger partial charge in [-0.3, -0.25) is 19.5 Å². The van der Waals surface area contributed by atoms with Gasteiger partial charge in [-0.05, 0) is 86.0 Å². The number of fused-ring (bicyclic) bond motifs is 1. The van der Waals surface area contributed by atoms with Gasteiger partial charge in [-0.2, -0.15) is 0 Å². The second kappa shape index (κ2) is 11.2. The number of methoxy groups -OCH3 is 1. The maximum atomic E-state index is 12.8. The number of nitrogens with one attached hydrogen (secondary N) is 2. The van der Waals surface area contributed by atoms with Crippen molar-refractivity contribution in [2.24, 2.45) is 5.73 Å². The molecule has 0 saturated carbocycles. The number of pyridine rings is 2. The first-order valence-electron chi connectivity index (χ1n) is 13.2. The number of likely N-dealkylation sites (tertiary alicyclic amines) is 1. The molecule has 1 atom stereocenters. The molecule has 1 unspecified atom stereocenters. The number of benzene rings is 1. The number of H-pyrrole nitrogens is 1. The number of anilines is 2. The number of primary amides is 1. The molecular weight excluding hydrogens is 494 g/mol. The SMILES string of the molecule is CCC(C(N)=O)N1CCC(c2ccc(Nc3nc(-c4cncc(OC)n4)cc4cc[nH]c(=O)c34)cc2C)CC1. The van der Waals surface area contributed by atoms with Crippen molar-refractivity contribution in [1.82, 2.24) is 24.8 Å². The van der Waals surface area contributed by atoms with E-state index in [4.69, 9.17) is 15.5 Å². The number of amides is 1. The van der Waals surface area contributed by atoms with Gasteiger partial charge in [-0.15, -0.1) is 0 Å². The van der Waals surface area contributed by atoms with Crippen LogP contribution in [0.1, 0.15) is 43.2 Å². The molecule has 10 heteroatoms. The van der Waals surface area contributed by atoms with Crippen LogP contribution in [0.15, 0.2) is 53.7 Å². The van der Waals surface area contributed by atoms with Crippen molar-refractivity contribution in [3.05, 3.63) is 70.4 Å². The van der Waals surface area contributed by atoms with E-state index >= 15 is 0 Å². The summed E-state index contributed by atoms with van der Waals surface area (Å²) in [6, 6.07) is 9.72. The number of rotatable bonds is 8. The quantitative estimate of drug-likeness (QED) is 0.314. The van der Waals surface area contributed by atoms with E-state index in [1.807, 2.05) is 25.1 Å². The summed E-state index contributed by atoms with van der Waals surface area (Å²) in [5.74, 6) is 0.987. The largest absolute Gasteiger partial charge is 0.480 e. The highest BCUT2D eigenvalue weighted by molar-refractivity contribution is 5.95. The fraction of sp³-hybridized carbons (Fsp3) is 0.345. The first-order valence-corrected chi connectivity index (χ1v) is 13.2. The molecule has 202 valence electrons. The van der Waals surface area contributed by atoms with Gasteiger partial charge in [-0.25, -0.2) is 9.97 Å². The summed E-state index contributed by atoms with van der Waals surface area (Å²) in [7, 11) is 1.53. The van der Waals surface area contributed by atoms with Crippen LogP contribution < -0.4 is 21.3 Å². The highest BCUT2D eigenvalue weighted by atomic mass is 16.5. The molecule has 1 aromatic carbocycles. The lowest BCUT2D eigenvalue weighted by molar-refractivity contribution is -0.123. The van der Waals surface area contributed by atoms with Gasteiger partial charge in [0, 0.05) is 11.9 Å². The van der Waals surface area contributed by atoms with Crippen LogP contribution in [-0.4, -0.2) is 57.0 Å². The molecule has 1 aliphatic heterocycles. The van der Waals surface area contributed by atoms with Gasteiger partial charge in [0.05, 0.1) is 36.6 Å². The van der Waals surface area contributed by atoms with E-state index in [2.05, 4.69) is 44.2 Å². The fourth-order valence-electron chi connectivity index (χ4n) is 5.52. The predicted octanol–water partition coefficient (Wildman–Crippen LogP) is 3.88. The zero-order chi connectivity index (χ0) is 27.5. The molecule has 4 N–H and O–H groups in total. The second-order valence-corrected chi connectivity index (χ2v) is 9.91. The first kappa shape index (κ1) is 26.3. The smallest absolute Gasteiger partial charge is 0.259 e. The Balaban J connectivity index is 1.42. The molecule has 4 aromatic rings. The lowest BCUT2D eigenvalue weighted by atomic mass is 9.86. The van der Waals surface area contributed by atoms with E-state index in [1.54, 1.807) is 12.4 Å². The number of aromatic nitrogens is 4. The Kier molecular flexibility index (Phi) is 7.56. The number of carbonyl (C=O) groups is 1. The van der Waals surface area contributed by atoms with E-state index in [1.165, 1.54) is 18.9 Å². The highest BCUT2D eigenvalue weighted by Gasteiger charge is 2.28. The van der Waals surface area contributed by atoms with Crippen molar-refractivity contribution in [3.8, 4) is 17.3 Å². The Morgan fingerprint density at radius 3 is 2.67 bits per heavy atom. The summed E-state index contributed by atoms with van der Waals surface area (Å²) < 4.78 is 5.22. The van der Waals surface area contributed by atoms with Gasteiger partial charge < -0.3 is 20.8 Å². The number of aryl methyl sites for hydroxylation is 1. The van der Waals surface area contributed by atoms with Gasteiger partial charge in [0.15, 0.2) is 0 Å². The summed E-state index contributed by atoms with van der Waals surface area (Å²) >= 11 is 0. The van der Waals surface area contributed by atoms with E-state index in [9.17, 15) is 9.59 Å². The molecule has 3 aromatic heterocycles. The predicted molar refractivity (Wildman–Crippen MR) is 151 cm³/mol. The van der Waals surface area contributed by atoms with Gasteiger partial charge in [0.25, 0.3) is 5.56 Å². The summed E-state index contributed by atoms with van der Waals surface area (Å²) in [5, 5.41) is 4.57. The maximum absolute atomic E-state index is 12.8. The van der Waals surface area contributed by atoms with Crippen LogP contribution in [0.25, 0.3) is 22.2 Å². The van der Waals surface area contributed by atoms with Crippen LogP contribution in [0.5, 0.6) is 5.88 Å². The van der Waals surface area contributed by atoms with Crippen molar-refractivity contribution in [1.29, 1.82) is 0 Å². The van der Waals surface area contributed by atoms with E-state index in [-0.39, 0.29) is 17.5 Å². The third-order valence-electron chi connectivity index (χ3n) is 7.50. The molecule has 5 rings (SSSR count). The minimum Gasteiger partial charge on any atom is -0.480 e. The van der Waals surface area contributed by atoms with E-state index < -0.39 is 0 Å². The monoisotopic (exact) mass is 527 g/mol. The van der Waals surface area contributed by atoms with Crippen LogP contribution in [0, 0.1) is 6.92 Å². The number of nitrogens with two attached hydrogens (primary N) is 1. The topological polar surface area (TPSA) is 139 Å². The zero-order valence-electron chi connectivity index (χ0n) is 22.4. The van der Waals surface area contributed by atoms with Gasteiger partial charge in [-0.1, -0.05) is 13.0 Å². The van der Waals surface area contributed by atoms with Crippen LogP contribution in [0.2, 0.25) is 0 Å². The Morgan fingerprint density at radius 2 is 1.97 bits per heavy atom. The Bertz CT molecular complexity index is 1560. The third kappa shape index (κ3) is 5.46. The first-order chi connectivity index (χ1) is 18.9. The van der Waals surface area contributed by atoms with Crippen molar-refractivity contribution < 1.29 is 9.53 Å². The molecule has 0 aliphatic carbocycles.